The number of nitrogens with zero attached hydrogens (tertiary/aromatic N) is 2. The monoisotopic (exact) mass is 507 g/mol. The molecule has 0 bridgehead atoms. The second kappa shape index (κ2) is 11.7. The molecule has 0 aliphatic carbocycles. The molecule has 0 aliphatic rings. The molecular formula is C25H34ClN3O4S. The quantitative estimate of drug-likeness (QED) is 0.525. The highest BCUT2D eigenvalue weighted by atomic mass is 35.5. The number of carbonyl (C=O) groups excluding carboxylic acids is 2. The minimum atomic E-state index is -3.79. The summed E-state index contributed by atoms with van der Waals surface area (Å²) in [5.41, 5.74) is 2.87. The third kappa shape index (κ3) is 7.21. The summed E-state index contributed by atoms with van der Waals surface area (Å²) in [6.45, 7) is 8.97. The maximum Gasteiger partial charge on any atom is 0.244 e. The summed E-state index contributed by atoms with van der Waals surface area (Å²) in [4.78, 5) is 28.1. The number of hydrogen-bond acceptors (Lipinski definition) is 4. The molecule has 0 fully saturated rings. The first kappa shape index (κ1) is 27.7. The van der Waals surface area contributed by atoms with Gasteiger partial charge in [-0.05, 0) is 69.0 Å². The van der Waals surface area contributed by atoms with E-state index in [9.17, 15) is 18.0 Å². The average Bonchev–Trinajstić information content (AvgIpc) is 2.72. The molecule has 0 radical (unpaired) electrons. The lowest BCUT2D eigenvalue weighted by Crippen LogP contribution is -2.53. The van der Waals surface area contributed by atoms with Crippen molar-refractivity contribution in [2.45, 2.75) is 59.7 Å². The number of anilines is 1. The van der Waals surface area contributed by atoms with Crippen molar-refractivity contribution in [3.8, 4) is 0 Å². The van der Waals surface area contributed by atoms with Crippen molar-refractivity contribution < 1.29 is 18.0 Å². The van der Waals surface area contributed by atoms with E-state index in [2.05, 4.69) is 5.32 Å². The van der Waals surface area contributed by atoms with Gasteiger partial charge >= 0.3 is 0 Å². The lowest BCUT2D eigenvalue weighted by atomic mass is 10.1. The van der Waals surface area contributed by atoms with Gasteiger partial charge in [-0.25, -0.2) is 8.42 Å². The van der Waals surface area contributed by atoms with Crippen LogP contribution in [0.25, 0.3) is 0 Å². The molecule has 186 valence electrons. The topological polar surface area (TPSA) is 86.8 Å². The Morgan fingerprint density at radius 3 is 2.24 bits per heavy atom. The molecule has 2 aromatic rings. The number of sulfonamides is 1. The Balaban J connectivity index is 2.49. The van der Waals surface area contributed by atoms with E-state index in [1.165, 1.54) is 4.90 Å². The summed E-state index contributed by atoms with van der Waals surface area (Å²) < 4.78 is 26.5. The number of nitrogens with one attached hydrogen (secondary N) is 1. The van der Waals surface area contributed by atoms with Crippen LogP contribution in [-0.4, -0.2) is 50.0 Å². The van der Waals surface area contributed by atoms with E-state index in [-0.39, 0.29) is 18.5 Å². The predicted octanol–water partition coefficient (Wildman–Crippen LogP) is 4.05. The van der Waals surface area contributed by atoms with Gasteiger partial charge in [0.1, 0.15) is 12.6 Å². The van der Waals surface area contributed by atoms with Crippen molar-refractivity contribution in [3.63, 3.8) is 0 Å². The van der Waals surface area contributed by atoms with Crippen LogP contribution in [0.15, 0.2) is 42.5 Å². The van der Waals surface area contributed by atoms with E-state index in [1.54, 1.807) is 25.1 Å². The van der Waals surface area contributed by atoms with Gasteiger partial charge in [-0.15, -0.1) is 0 Å². The number of halogens is 1. The van der Waals surface area contributed by atoms with Gasteiger partial charge in [-0.3, -0.25) is 13.9 Å². The Kier molecular flexibility index (Phi) is 9.53. The number of carbonyl (C=O) groups is 2. The zero-order chi connectivity index (χ0) is 25.6. The minimum absolute atomic E-state index is 0.0961. The largest absolute Gasteiger partial charge is 0.352 e. The molecule has 2 aromatic carbocycles. The number of hydrogen-bond donors (Lipinski definition) is 1. The average molecular weight is 508 g/mol. The van der Waals surface area contributed by atoms with Gasteiger partial charge in [-0.1, -0.05) is 42.8 Å². The summed E-state index contributed by atoms with van der Waals surface area (Å²) in [7, 11) is -3.79. The van der Waals surface area contributed by atoms with Crippen LogP contribution in [0.2, 0.25) is 5.02 Å². The first-order valence-electron chi connectivity index (χ1n) is 11.2. The van der Waals surface area contributed by atoms with Crippen molar-refractivity contribution >= 4 is 39.1 Å². The molecule has 0 heterocycles. The Bertz CT molecular complexity index is 1130. The van der Waals surface area contributed by atoms with Crippen LogP contribution in [0.1, 0.15) is 43.9 Å². The molecule has 34 heavy (non-hydrogen) atoms. The molecule has 7 nitrogen and oxygen atoms in total. The summed E-state index contributed by atoms with van der Waals surface area (Å²) in [6.07, 6.45) is 1.44. The second-order valence-corrected chi connectivity index (χ2v) is 11.1. The van der Waals surface area contributed by atoms with E-state index in [0.29, 0.717) is 22.7 Å². The molecule has 2 amide bonds. The molecule has 2 rings (SSSR count). The molecule has 0 spiro atoms. The van der Waals surface area contributed by atoms with Gasteiger partial charge in [0, 0.05) is 17.6 Å². The highest BCUT2D eigenvalue weighted by Crippen LogP contribution is 2.26. The summed E-state index contributed by atoms with van der Waals surface area (Å²) in [5, 5.41) is 3.35. The minimum Gasteiger partial charge on any atom is -0.352 e. The second-order valence-electron chi connectivity index (χ2n) is 8.74. The van der Waals surface area contributed by atoms with E-state index in [1.807, 2.05) is 52.0 Å². The third-order valence-corrected chi connectivity index (χ3v) is 6.89. The SMILES string of the molecule is CC[C@@H](C(=O)NC(C)C)N(Cc1ccccc1C)C(=O)CN(c1ccc(Cl)cc1C)S(C)(=O)=O. The van der Waals surface area contributed by atoms with Crippen molar-refractivity contribution in [1.82, 2.24) is 10.2 Å². The lowest BCUT2D eigenvalue weighted by Gasteiger charge is -2.33. The molecule has 0 saturated heterocycles. The highest BCUT2D eigenvalue weighted by Gasteiger charge is 2.32. The fourth-order valence-corrected chi connectivity index (χ4v) is 4.90. The third-order valence-electron chi connectivity index (χ3n) is 5.53. The standard InChI is InChI=1S/C25H34ClN3O4S/c1-7-22(25(31)27-17(2)3)28(15-20-11-9-8-10-18(20)4)24(30)16-29(34(6,32)33)23-13-12-21(26)14-19(23)5/h8-14,17,22H,7,15-16H2,1-6H3,(H,27,31)/t22-/m0/s1. The lowest BCUT2D eigenvalue weighted by molar-refractivity contribution is -0.140. The molecular weight excluding hydrogens is 474 g/mol. The van der Waals surface area contributed by atoms with Gasteiger partial charge in [-0.2, -0.15) is 0 Å². The Morgan fingerprint density at radius 1 is 1.06 bits per heavy atom. The highest BCUT2D eigenvalue weighted by molar-refractivity contribution is 7.92. The fraction of sp³-hybridized carbons (Fsp3) is 0.440. The molecule has 0 saturated carbocycles. The normalized spacial score (nSPS) is 12.4. The fourth-order valence-electron chi connectivity index (χ4n) is 3.76. The van der Waals surface area contributed by atoms with Crippen LogP contribution >= 0.6 is 11.6 Å². The zero-order valence-electron chi connectivity index (χ0n) is 20.6. The maximum absolute atomic E-state index is 13.7. The molecule has 9 heteroatoms. The molecule has 1 N–H and O–H groups in total. The van der Waals surface area contributed by atoms with Crippen LogP contribution in [-0.2, 0) is 26.2 Å². The van der Waals surface area contributed by atoms with Gasteiger partial charge in [0.15, 0.2) is 0 Å². The molecule has 0 aliphatic heterocycles. The van der Waals surface area contributed by atoms with Crippen LogP contribution in [0.4, 0.5) is 5.69 Å². The Labute approximate surface area is 208 Å². The van der Waals surface area contributed by atoms with Gasteiger partial charge in [0.05, 0.1) is 11.9 Å². The number of aryl methyl sites for hydroxylation is 2. The van der Waals surface area contributed by atoms with Gasteiger partial charge in [0.2, 0.25) is 21.8 Å². The number of benzene rings is 2. The summed E-state index contributed by atoms with van der Waals surface area (Å²) in [5.74, 6) is -0.734. The van der Waals surface area contributed by atoms with Crippen LogP contribution < -0.4 is 9.62 Å². The molecule has 0 unspecified atom stereocenters. The van der Waals surface area contributed by atoms with Crippen molar-refractivity contribution in [2.75, 3.05) is 17.1 Å². The van der Waals surface area contributed by atoms with Crippen LogP contribution in [0.3, 0.4) is 0 Å². The summed E-state index contributed by atoms with van der Waals surface area (Å²) in [6, 6.07) is 11.6. The van der Waals surface area contributed by atoms with E-state index < -0.39 is 28.5 Å². The molecule has 1 atom stereocenters. The van der Waals surface area contributed by atoms with Crippen molar-refractivity contribution in [1.29, 1.82) is 0 Å². The van der Waals surface area contributed by atoms with E-state index >= 15 is 0 Å². The van der Waals surface area contributed by atoms with E-state index in [4.69, 9.17) is 11.6 Å². The first-order valence-corrected chi connectivity index (χ1v) is 13.5. The van der Waals surface area contributed by atoms with Crippen molar-refractivity contribution in [3.05, 3.63) is 64.2 Å². The zero-order valence-corrected chi connectivity index (χ0v) is 22.2. The van der Waals surface area contributed by atoms with E-state index in [0.717, 1.165) is 21.7 Å². The number of amides is 2. The first-order chi connectivity index (χ1) is 15.8. The van der Waals surface area contributed by atoms with Crippen LogP contribution in [0, 0.1) is 13.8 Å². The van der Waals surface area contributed by atoms with Gasteiger partial charge in [0.25, 0.3) is 0 Å². The Hall–Kier alpha value is -2.58. The van der Waals surface area contributed by atoms with Crippen molar-refractivity contribution in [2.24, 2.45) is 0 Å². The Morgan fingerprint density at radius 2 is 1.71 bits per heavy atom. The molecule has 0 aromatic heterocycles. The van der Waals surface area contributed by atoms with Gasteiger partial charge < -0.3 is 10.2 Å². The maximum atomic E-state index is 13.7. The van der Waals surface area contributed by atoms with Crippen LogP contribution in [0.5, 0.6) is 0 Å². The predicted molar refractivity (Wildman–Crippen MR) is 137 cm³/mol. The number of rotatable bonds is 10. The smallest absolute Gasteiger partial charge is 0.244 e. The summed E-state index contributed by atoms with van der Waals surface area (Å²) >= 11 is 6.05.